The van der Waals surface area contributed by atoms with Crippen LogP contribution < -0.4 is 25.8 Å². The number of hydrogen-bond acceptors (Lipinski definition) is 6. The summed E-state index contributed by atoms with van der Waals surface area (Å²) in [5.74, 6) is 0.613. The number of carbonyl (C=O) groups is 2. The van der Waals surface area contributed by atoms with E-state index >= 15 is 0 Å². The van der Waals surface area contributed by atoms with Gasteiger partial charge in [0.15, 0.2) is 17.1 Å². The molecule has 0 saturated carbocycles. The van der Waals surface area contributed by atoms with E-state index in [2.05, 4.69) is 15.7 Å². The average Bonchev–Trinajstić information content (AvgIpc) is 3.45. The highest BCUT2D eigenvalue weighted by Gasteiger charge is 2.15. The van der Waals surface area contributed by atoms with Gasteiger partial charge in [0, 0.05) is 19.3 Å². The van der Waals surface area contributed by atoms with Gasteiger partial charge in [-0.25, -0.2) is 13.9 Å². The molecule has 2 N–H and O–H groups in total. The second-order valence-electron chi connectivity index (χ2n) is 7.72. The maximum atomic E-state index is 12.7. The van der Waals surface area contributed by atoms with Crippen molar-refractivity contribution in [3.63, 3.8) is 0 Å². The van der Waals surface area contributed by atoms with Crippen molar-refractivity contribution in [2.75, 3.05) is 6.79 Å². The van der Waals surface area contributed by atoms with Crippen LogP contribution in [-0.4, -0.2) is 32.8 Å². The summed E-state index contributed by atoms with van der Waals surface area (Å²) in [4.78, 5) is 37.7. The summed E-state index contributed by atoms with van der Waals surface area (Å²) < 4.78 is 12.9. The second-order valence-corrected chi connectivity index (χ2v) is 7.72. The molecular formula is C24H21N5O5. The lowest BCUT2D eigenvalue weighted by Crippen LogP contribution is -2.32. The van der Waals surface area contributed by atoms with Crippen molar-refractivity contribution < 1.29 is 19.1 Å². The van der Waals surface area contributed by atoms with Gasteiger partial charge < -0.3 is 20.1 Å². The van der Waals surface area contributed by atoms with Crippen molar-refractivity contribution in [3.8, 4) is 11.5 Å². The van der Waals surface area contributed by atoms with E-state index in [1.54, 1.807) is 24.3 Å². The fourth-order valence-electron chi connectivity index (χ4n) is 3.58. The second kappa shape index (κ2) is 9.10. The minimum Gasteiger partial charge on any atom is -0.454 e. The molecule has 4 aromatic rings. The minimum atomic E-state index is -0.508. The largest absolute Gasteiger partial charge is 0.454 e. The Hall–Kier alpha value is -4.60. The molecule has 3 heterocycles. The molecule has 0 fully saturated rings. The SMILES string of the molecule is O=C(Cn1nc2ccc(C(=O)NCc3ccccc3)cn2c1=O)NCc1ccc2c(c1)OCO2. The smallest absolute Gasteiger partial charge is 0.350 e. The number of nitrogens with one attached hydrogen (secondary N) is 2. The zero-order valence-electron chi connectivity index (χ0n) is 18.1. The molecule has 2 aromatic carbocycles. The van der Waals surface area contributed by atoms with Gasteiger partial charge in [0.25, 0.3) is 5.91 Å². The van der Waals surface area contributed by atoms with Crippen LogP contribution in [0.15, 0.2) is 71.7 Å². The van der Waals surface area contributed by atoms with Gasteiger partial charge >= 0.3 is 5.69 Å². The summed E-state index contributed by atoms with van der Waals surface area (Å²) in [6.45, 7) is 0.567. The maximum Gasteiger partial charge on any atom is 0.350 e. The summed E-state index contributed by atoms with van der Waals surface area (Å²) in [5.41, 5.74) is 1.95. The predicted octanol–water partition coefficient (Wildman–Crippen LogP) is 1.47. The number of ether oxygens (including phenoxy) is 2. The molecule has 2 amide bonds. The predicted molar refractivity (Wildman–Crippen MR) is 121 cm³/mol. The molecular weight excluding hydrogens is 438 g/mol. The van der Waals surface area contributed by atoms with E-state index in [9.17, 15) is 14.4 Å². The summed E-state index contributed by atoms with van der Waals surface area (Å²) in [6, 6.07) is 18.1. The Balaban J connectivity index is 1.23. The Kier molecular flexibility index (Phi) is 5.69. The monoisotopic (exact) mass is 459 g/mol. The lowest BCUT2D eigenvalue weighted by Gasteiger charge is -2.06. The number of pyridine rings is 1. The van der Waals surface area contributed by atoms with E-state index in [1.807, 2.05) is 36.4 Å². The third kappa shape index (κ3) is 4.46. The first-order valence-corrected chi connectivity index (χ1v) is 10.6. The molecule has 0 aliphatic carbocycles. The minimum absolute atomic E-state index is 0.179. The molecule has 10 heteroatoms. The van der Waals surface area contributed by atoms with Gasteiger partial charge in [-0.3, -0.25) is 9.59 Å². The molecule has 0 unspecified atom stereocenters. The van der Waals surface area contributed by atoms with Crippen LogP contribution in [0.5, 0.6) is 11.5 Å². The van der Waals surface area contributed by atoms with Crippen LogP contribution in [0.4, 0.5) is 0 Å². The van der Waals surface area contributed by atoms with E-state index in [0.717, 1.165) is 15.8 Å². The molecule has 0 spiro atoms. The van der Waals surface area contributed by atoms with Crippen molar-refractivity contribution in [3.05, 3.63) is 94.0 Å². The summed E-state index contributed by atoms with van der Waals surface area (Å²) in [6.07, 6.45) is 1.42. The van der Waals surface area contributed by atoms with Crippen LogP contribution in [0.1, 0.15) is 21.5 Å². The molecule has 0 radical (unpaired) electrons. The van der Waals surface area contributed by atoms with Crippen LogP contribution in [0, 0.1) is 0 Å². The molecule has 0 saturated heterocycles. The summed E-state index contributed by atoms with van der Waals surface area (Å²) in [7, 11) is 0. The quantitative estimate of drug-likeness (QED) is 0.433. The molecule has 34 heavy (non-hydrogen) atoms. The van der Waals surface area contributed by atoms with E-state index in [1.165, 1.54) is 10.6 Å². The molecule has 2 aromatic heterocycles. The van der Waals surface area contributed by atoms with E-state index in [-0.39, 0.29) is 31.7 Å². The first kappa shape index (κ1) is 21.3. The zero-order chi connectivity index (χ0) is 23.5. The zero-order valence-corrected chi connectivity index (χ0v) is 18.1. The number of carbonyl (C=O) groups excluding carboxylic acids is 2. The lowest BCUT2D eigenvalue weighted by molar-refractivity contribution is -0.122. The molecule has 10 nitrogen and oxygen atoms in total. The number of rotatable bonds is 7. The van der Waals surface area contributed by atoms with Crippen molar-refractivity contribution in [2.24, 2.45) is 0 Å². The van der Waals surface area contributed by atoms with Gasteiger partial charge in [-0.15, -0.1) is 5.10 Å². The third-order valence-corrected chi connectivity index (χ3v) is 5.36. The summed E-state index contributed by atoms with van der Waals surface area (Å²) >= 11 is 0. The first-order valence-electron chi connectivity index (χ1n) is 10.6. The molecule has 5 rings (SSSR count). The lowest BCUT2D eigenvalue weighted by atomic mass is 10.2. The van der Waals surface area contributed by atoms with Crippen LogP contribution in [0.3, 0.4) is 0 Å². The molecule has 0 atom stereocenters. The highest BCUT2D eigenvalue weighted by Crippen LogP contribution is 2.32. The van der Waals surface area contributed by atoms with Crippen LogP contribution in [0.2, 0.25) is 0 Å². The van der Waals surface area contributed by atoms with Gasteiger partial charge in [0.2, 0.25) is 12.7 Å². The third-order valence-electron chi connectivity index (χ3n) is 5.36. The molecule has 0 bridgehead atoms. The number of fused-ring (bicyclic) bond motifs is 2. The number of amides is 2. The van der Waals surface area contributed by atoms with Crippen LogP contribution in [0.25, 0.3) is 5.65 Å². The Bertz CT molecular complexity index is 1430. The van der Waals surface area contributed by atoms with Crippen molar-refractivity contribution in [1.29, 1.82) is 0 Å². The number of nitrogens with zero attached hydrogens (tertiary/aromatic N) is 3. The van der Waals surface area contributed by atoms with Crippen LogP contribution in [-0.2, 0) is 24.4 Å². The van der Waals surface area contributed by atoms with Crippen molar-refractivity contribution in [2.45, 2.75) is 19.6 Å². The Morgan fingerprint density at radius 1 is 0.912 bits per heavy atom. The fraction of sp³-hybridized carbons (Fsp3) is 0.167. The normalized spacial score (nSPS) is 12.0. The molecule has 1 aliphatic rings. The van der Waals surface area contributed by atoms with Crippen molar-refractivity contribution in [1.82, 2.24) is 24.8 Å². The van der Waals surface area contributed by atoms with E-state index in [4.69, 9.17) is 9.47 Å². The molecule has 172 valence electrons. The fourth-order valence-corrected chi connectivity index (χ4v) is 3.58. The van der Waals surface area contributed by atoms with Gasteiger partial charge in [0.05, 0.1) is 5.56 Å². The maximum absolute atomic E-state index is 12.7. The molecule has 1 aliphatic heterocycles. The number of aromatic nitrogens is 3. The standard InChI is InChI=1S/C24H21N5O5/c30-22(25-12-17-6-8-19-20(10-17)34-15-33-19)14-29-24(32)28-13-18(7-9-21(28)27-29)23(31)26-11-16-4-2-1-3-5-16/h1-10,13H,11-12,14-15H2,(H,25,30)(H,26,31). The first-order chi connectivity index (χ1) is 16.6. The van der Waals surface area contributed by atoms with Crippen molar-refractivity contribution >= 4 is 17.5 Å². The van der Waals surface area contributed by atoms with Gasteiger partial charge in [-0.1, -0.05) is 36.4 Å². The summed E-state index contributed by atoms with van der Waals surface area (Å²) in [5, 5.41) is 9.77. The van der Waals surface area contributed by atoms with Gasteiger partial charge in [-0.2, -0.15) is 0 Å². The topological polar surface area (TPSA) is 116 Å². The van der Waals surface area contributed by atoms with Gasteiger partial charge in [0.1, 0.15) is 6.54 Å². The Morgan fingerprint density at radius 2 is 1.71 bits per heavy atom. The highest BCUT2D eigenvalue weighted by atomic mass is 16.7. The highest BCUT2D eigenvalue weighted by molar-refractivity contribution is 5.94. The Morgan fingerprint density at radius 3 is 2.56 bits per heavy atom. The Labute approximate surface area is 193 Å². The van der Waals surface area contributed by atoms with E-state index < -0.39 is 5.69 Å². The average molecular weight is 459 g/mol. The number of hydrogen-bond donors (Lipinski definition) is 2. The van der Waals surface area contributed by atoms with Crippen LogP contribution >= 0.6 is 0 Å². The van der Waals surface area contributed by atoms with E-state index in [0.29, 0.717) is 29.3 Å². The van der Waals surface area contributed by atoms with Gasteiger partial charge in [-0.05, 0) is 35.4 Å². The number of benzene rings is 2.